The highest BCUT2D eigenvalue weighted by atomic mass is 79.9. The van der Waals surface area contributed by atoms with Gasteiger partial charge >= 0.3 is 0 Å². The lowest BCUT2D eigenvalue weighted by atomic mass is 10.1. The predicted octanol–water partition coefficient (Wildman–Crippen LogP) is 4.09. The SMILES string of the molecule is CNC(C)c1oc2c(Br)cc(C)cc2c1C. The summed E-state index contributed by atoms with van der Waals surface area (Å²) in [7, 11) is 1.94. The van der Waals surface area contributed by atoms with Gasteiger partial charge in [-0.15, -0.1) is 0 Å². The van der Waals surface area contributed by atoms with E-state index < -0.39 is 0 Å². The van der Waals surface area contributed by atoms with Gasteiger partial charge in [0.25, 0.3) is 0 Å². The Morgan fingerprint density at radius 1 is 1.31 bits per heavy atom. The van der Waals surface area contributed by atoms with Crippen LogP contribution in [0.5, 0.6) is 0 Å². The Balaban J connectivity index is 2.72. The van der Waals surface area contributed by atoms with Crippen LogP contribution in [0.25, 0.3) is 11.0 Å². The van der Waals surface area contributed by atoms with E-state index in [2.05, 4.69) is 54.2 Å². The lowest BCUT2D eigenvalue weighted by Gasteiger charge is -2.06. The number of halogens is 1. The largest absolute Gasteiger partial charge is 0.458 e. The third kappa shape index (κ3) is 1.78. The number of fused-ring (bicyclic) bond motifs is 1. The molecule has 86 valence electrons. The normalized spacial score (nSPS) is 13.3. The van der Waals surface area contributed by atoms with E-state index in [0.29, 0.717) is 0 Å². The fourth-order valence-electron chi connectivity index (χ4n) is 1.97. The predicted molar refractivity (Wildman–Crippen MR) is 70.9 cm³/mol. The van der Waals surface area contributed by atoms with Crippen molar-refractivity contribution in [3.63, 3.8) is 0 Å². The van der Waals surface area contributed by atoms with Crippen LogP contribution in [0.4, 0.5) is 0 Å². The number of furan rings is 1. The third-order valence-electron chi connectivity index (χ3n) is 3.00. The van der Waals surface area contributed by atoms with Crippen LogP contribution < -0.4 is 5.32 Å². The number of aryl methyl sites for hydroxylation is 2. The summed E-state index contributed by atoms with van der Waals surface area (Å²) in [5.41, 5.74) is 3.41. The van der Waals surface area contributed by atoms with Gasteiger partial charge in [-0.2, -0.15) is 0 Å². The molecule has 0 amide bonds. The van der Waals surface area contributed by atoms with Gasteiger partial charge in [-0.05, 0) is 61.4 Å². The summed E-state index contributed by atoms with van der Waals surface area (Å²) in [6, 6.07) is 4.49. The van der Waals surface area contributed by atoms with Crippen molar-refractivity contribution >= 4 is 26.9 Å². The van der Waals surface area contributed by atoms with Crippen molar-refractivity contribution < 1.29 is 4.42 Å². The molecule has 2 nitrogen and oxygen atoms in total. The van der Waals surface area contributed by atoms with Gasteiger partial charge in [-0.25, -0.2) is 0 Å². The van der Waals surface area contributed by atoms with Crippen LogP contribution in [-0.4, -0.2) is 7.05 Å². The van der Waals surface area contributed by atoms with Crippen LogP contribution in [0.3, 0.4) is 0 Å². The van der Waals surface area contributed by atoms with Gasteiger partial charge in [0.2, 0.25) is 0 Å². The van der Waals surface area contributed by atoms with Crippen LogP contribution in [0.1, 0.15) is 29.9 Å². The second kappa shape index (κ2) is 4.22. The maximum Gasteiger partial charge on any atom is 0.148 e. The molecule has 1 N–H and O–H groups in total. The van der Waals surface area contributed by atoms with Crippen molar-refractivity contribution in [2.24, 2.45) is 0 Å². The zero-order valence-electron chi connectivity index (χ0n) is 10.0. The van der Waals surface area contributed by atoms with Crippen LogP contribution in [0.15, 0.2) is 21.0 Å². The molecule has 16 heavy (non-hydrogen) atoms. The topological polar surface area (TPSA) is 25.2 Å². The van der Waals surface area contributed by atoms with E-state index in [4.69, 9.17) is 4.42 Å². The summed E-state index contributed by atoms with van der Waals surface area (Å²) >= 11 is 3.55. The first kappa shape index (κ1) is 11.7. The molecule has 1 aromatic heterocycles. The number of benzene rings is 1. The first-order valence-corrected chi connectivity index (χ1v) is 6.20. The van der Waals surface area contributed by atoms with E-state index >= 15 is 0 Å². The van der Waals surface area contributed by atoms with Crippen molar-refractivity contribution in [3.05, 3.63) is 33.5 Å². The average Bonchev–Trinajstić information content (AvgIpc) is 2.56. The van der Waals surface area contributed by atoms with Crippen LogP contribution in [0, 0.1) is 13.8 Å². The molecule has 0 saturated carbocycles. The number of hydrogen-bond acceptors (Lipinski definition) is 2. The third-order valence-corrected chi connectivity index (χ3v) is 3.59. The minimum atomic E-state index is 0.236. The molecule has 2 rings (SSSR count). The number of rotatable bonds is 2. The first-order chi connectivity index (χ1) is 7.54. The van der Waals surface area contributed by atoms with Crippen molar-refractivity contribution in [1.82, 2.24) is 5.32 Å². The molecule has 0 spiro atoms. The maximum absolute atomic E-state index is 5.93. The zero-order chi connectivity index (χ0) is 11.9. The van der Waals surface area contributed by atoms with Gasteiger partial charge in [-0.1, -0.05) is 0 Å². The summed E-state index contributed by atoms with van der Waals surface area (Å²) in [4.78, 5) is 0. The Morgan fingerprint density at radius 3 is 2.62 bits per heavy atom. The Kier molecular flexibility index (Phi) is 3.08. The smallest absolute Gasteiger partial charge is 0.148 e. The summed E-state index contributed by atoms with van der Waals surface area (Å²) in [5, 5.41) is 4.41. The van der Waals surface area contributed by atoms with E-state index in [1.807, 2.05) is 7.05 Å². The van der Waals surface area contributed by atoms with Crippen LogP contribution in [0.2, 0.25) is 0 Å². The van der Waals surface area contributed by atoms with E-state index in [-0.39, 0.29) is 6.04 Å². The molecule has 0 aliphatic carbocycles. The Bertz CT molecular complexity index is 530. The molecule has 2 aromatic rings. The lowest BCUT2D eigenvalue weighted by Crippen LogP contribution is -2.12. The van der Waals surface area contributed by atoms with Crippen LogP contribution >= 0.6 is 15.9 Å². The Labute approximate surface area is 104 Å². The Morgan fingerprint density at radius 2 is 2.00 bits per heavy atom. The van der Waals surface area contributed by atoms with Gasteiger partial charge in [-0.3, -0.25) is 0 Å². The molecule has 0 aliphatic rings. The highest BCUT2D eigenvalue weighted by Gasteiger charge is 2.16. The summed E-state index contributed by atoms with van der Waals surface area (Å²) in [5.74, 6) is 1.02. The van der Waals surface area contributed by atoms with E-state index in [1.54, 1.807) is 0 Å². The molecule has 0 bridgehead atoms. The summed E-state index contributed by atoms with van der Waals surface area (Å²) in [6.45, 7) is 6.31. The first-order valence-electron chi connectivity index (χ1n) is 5.41. The quantitative estimate of drug-likeness (QED) is 0.897. The molecule has 0 fully saturated rings. The molecular formula is C13H16BrNO. The van der Waals surface area contributed by atoms with Crippen LogP contribution in [-0.2, 0) is 0 Å². The zero-order valence-corrected chi connectivity index (χ0v) is 11.6. The maximum atomic E-state index is 5.93. The lowest BCUT2D eigenvalue weighted by molar-refractivity contribution is 0.470. The number of hydrogen-bond donors (Lipinski definition) is 1. The van der Waals surface area contributed by atoms with Gasteiger partial charge in [0.1, 0.15) is 11.3 Å². The number of nitrogens with one attached hydrogen (secondary N) is 1. The van der Waals surface area contributed by atoms with Crippen molar-refractivity contribution in [1.29, 1.82) is 0 Å². The summed E-state index contributed by atoms with van der Waals surface area (Å²) < 4.78 is 6.96. The van der Waals surface area contributed by atoms with E-state index in [0.717, 1.165) is 15.8 Å². The van der Waals surface area contributed by atoms with Crippen molar-refractivity contribution in [3.8, 4) is 0 Å². The molecule has 1 aromatic carbocycles. The molecule has 0 aliphatic heterocycles. The van der Waals surface area contributed by atoms with Gasteiger partial charge in [0.15, 0.2) is 0 Å². The minimum Gasteiger partial charge on any atom is -0.458 e. The average molecular weight is 282 g/mol. The molecular weight excluding hydrogens is 266 g/mol. The fourth-order valence-corrected chi connectivity index (χ4v) is 2.63. The fraction of sp³-hybridized carbons (Fsp3) is 0.385. The molecule has 3 heteroatoms. The second-order valence-corrected chi connectivity index (χ2v) is 5.08. The molecule has 1 atom stereocenters. The molecule has 1 heterocycles. The van der Waals surface area contributed by atoms with E-state index in [1.165, 1.54) is 16.5 Å². The van der Waals surface area contributed by atoms with Gasteiger partial charge in [0, 0.05) is 10.9 Å². The monoisotopic (exact) mass is 281 g/mol. The van der Waals surface area contributed by atoms with Crippen molar-refractivity contribution in [2.75, 3.05) is 7.05 Å². The van der Waals surface area contributed by atoms with Crippen molar-refractivity contribution in [2.45, 2.75) is 26.8 Å². The standard InChI is InChI=1S/C13H16BrNO/c1-7-5-10-8(2)12(9(3)15-4)16-13(10)11(14)6-7/h5-6,9,15H,1-4H3. The van der Waals surface area contributed by atoms with Gasteiger partial charge in [0.05, 0.1) is 10.5 Å². The Hall–Kier alpha value is -0.800. The highest BCUT2D eigenvalue weighted by molar-refractivity contribution is 9.10. The molecule has 0 saturated heterocycles. The minimum absolute atomic E-state index is 0.236. The molecule has 1 unspecified atom stereocenters. The van der Waals surface area contributed by atoms with E-state index in [9.17, 15) is 0 Å². The molecule has 0 radical (unpaired) electrons. The van der Waals surface area contributed by atoms with Gasteiger partial charge < -0.3 is 9.73 Å². The second-order valence-electron chi connectivity index (χ2n) is 4.23. The summed E-state index contributed by atoms with van der Waals surface area (Å²) in [6.07, 6.45) is 0. The highest BCUT2D eigenvalue weighted by Crippen LogP contribution is 2.34.